The Kier molecular flexibility index (Phi) is 4.51. The van der Waals surface area contributed by atoms with Gasteiger partial charge in [0.05, 0.1) is 11.3 Å². The largest absolute Gasteiger partial charge is 0.293 e. The molecule has 1 heterocycles. The Morgan fingerprint density at radius 2 is 1.46 bits per heavy atom. The van der Waals surface area contributed by atoms with Gasteiger partial charge >= 0.3 is 0 Å². The zero-order valence-electron chi connectivity index (χ0n) is 12.7. The lowest BCUT2D eigenvalue weighted by molar-refractivity contribution is 0.0987. The van der Waals surface area contributed by atoms with Crippen molar-refractivity contribution >= 4 is 34.8 Å². The summed E-state index contributed by atoms with van der Waals surface area (Å²) < 4.78 is 1.50. The van der Waals surface area contributed by atoms with Crippen LogP contribution in [0.3, 0.4) is 0 Å². The second kappa shape index (κ2) is 6.59. The molecule has 0 unspecified atom stereocenters. The number of ketones is 2. The van der Waals surface area contributed by atoms with E-state index in [-0.39, 0.29) is 22.8 Å². The van der Waals surface area contributed by atoms with Crippen LogP contribution in [0.25, 0.3) is 5.69 Å². The van der Waals surface area contributed by atoms with Crippen LogP contribution in [0.15, 0.2) is 54.7 Å². The molecule has 4 nitrogen and oxygen atoms in total. The molecule has 0 saturated carbocycles. The highest BCUT2D eigenvalue weighted by atomic mass is 35.5. The van der Waals surface area contributed by atoms with Crippen molar-refractivity contribution in [2.45, 2.75) is 6.92 Å². The number of carbonyl (C=O) groups is 2. The number of halogens is 2. The lowest BCUT2D eigenvalue weighted by Gasteiger charge is -2.00. The number of hydrogen-bond acceptors (Lipinski definition) is 3. The first kappa shape index (κ1) is 16.4. The van der Waals surface area contributed by atoms with E-state index in [1.165, 1.54) is 11.6 Å². The van der Waals surface area contributed by atoms with Gasteiger partial charge in [0, 0.05) is 28.7 Å². The van der Waals surface area contributed by atoms with Gasteiger partial charge < -0.3 is 0 Å². The van der Waals surface area contributed by atoms with Crippen LogP contribution >= 0.6 is 23.2 Å². The third-order valence-electron chi connectivity index (χ3n) is 3.49. The first-order valence-electron chi connectivity index (χ1n) is 7.12. The Hall–Kier alpha value is -2.43. The van der Waals surface area contributed by atoms with Crippen molar-refractivity contribution in [3.05, 3.63) is 81.6 Å². The van der Waals surface area contributed by atoms with Gasteiger partial charge in [-0.05, 0) is 48.5 Å². The standard InChI is InChI=1S/C18H12Cl2N2O2/c1-11(23)17-16(18(24)12-2-4-13(19)5-3-12)10-22(21-17)15-8-6-14(20)7-9-15/h2-10H,1H3. The van der Waals surface area contributed by atoms with Gasteiger partial charge in [-0.2, -0.15) is 5.10 Å². The summed E-state index contributed by atoms with van der Waals surface area (Å²) >= 11 is 11.7. The van der Waals surface area contributed by atoms with Crippen LogP contribution in [0.5, 0.6) is 0 Å². The van der Waals surface area contributed by atoms with Crippen molar-refractivity contribution in [1.82, 2.24) is 9.78 Å². The number of carbonyl (C=O) groups excluding carboxylic acids is 2. The van der Waals surface area contributed by atoms with E-state index in [9.17, 15) is 9.59 Å². The Bertz CT molecular complexity index is 913. The van der Waals surface area contributed by atoms with Gasteiger partial charge in [-0.1, -0.05) is 23.2 Å². The molecule has 0 aliphatic rings. The molecule has 0 aliphatic carbocycles. The van der Waals surface area contributed by atoms with Crippen molar-refractivity contribution in [3.63, 3.8) is 0 Å². The van der Waals surface area contributed by atoms with Crippen LogP contribution in [0.1, 0.15) is 33.3 Å². The first-order chi connectivity index (χ1) is 11.5. The number of hydrogen-bond donors (Lipinski definition) is 0. The summed E-state index contributed by atoms with van der Waals surface area (Å²) in [5.74, 6) is -0.558. The molecular weight excluding hydrogens is 347 g/mol. The van der Waals surface area contributed by atoms with Crippen LogP contribution < -0.4 is 0 Å². The van der Waals surface area contributed by atoms with Crippen LogP contribution in [0, 0.1) is 0 Å². The Morgan fingerprint density at radius 3 is 2.00 bits per heavy atom. The van der Waals surface area contributed by atoms with Gasteiger partial charge in [-0.25, -0.2) is 4.68 Å². The zero-order chi connectivity index (χ0) is 17.3. The lowest BCUT2D eigenvalue weighted by atomic mass is 10.0. The first-order valence-corrected chi connectivity index (χ1v) is 7.88. The molecule has 1 aromatic heterocycles. The molecular formula is C18H12Cl2N2O2. The minimum absolute atomic E-state index is 0.130. The molecule has 0 atom stereocenters. The number of nitrogens with zero attached hydrogens (tertiary/aromatic N) is 2. The zero-order valence-corrected chi connectivity index (χ0v) is 14.2. The van der Waals surface area contributed by atoms with Gasteiger partial charge in [0.2, 0.25) is 0 Å². The maximum atomic E-state index is 12.7. The maximum Gasteiger partial charge on any atom is 0.196 e. The number of Topliss-reactive ketones (excluding diaryl/α,β-unsaturated/α-hetero) is 1. The fourth-order valence-corrected chi connectivity index (χ4v) is 2.53. The van der Waals surface area contributed by atoms with Crippen LogP contribution in [-0.4, -0.2) is 21.3 Å². The quantitative estimate of drug-likeness (QED) is 0.639. The van der Waals surface area contributed by atoms with E-state index in [1.54, 1.807) is 54.7 Å². The number of rotatable bonds is 4. The van der Waals surface area contributed by atoms with Crippen molar-refractivity contribution in [3.8, 4) is 5.69 Å². The highest BCUT2D eigenvalue weighted by Crippen LogP contribution is 2.20. The number of aromatic nitrogens is 2. The maximum absolute atomic E-state index is 12.7. The summed E-state index contributed by atoms with van der Waals surface area (Å²) in [6.45, 7) is 1.38. The van der Waals surface area contributed by atoms with Crippen LogP contribution in [0.4, 0.5) is 0 Å². The predicted molar refractivity (Wildman–Crippen MR) is 93.5 cm³/mol. The fraction of sp³-hybridized carbons (Fsp3) is 0.0556. The highest BCUT2D eigenvalue weighted by molar-refractivity contribution is 6.31. The molecule has 0 spiro atoms. The van der Waals surface area contributed by atoms with Crippen molar-refractivity contribution in [2.75, 3.05) is 0 Å². The molecule has 0 radical (unpaired) electrons. The molecule has 6 heteroatoms. The average Bonchev–Trinajstić information content (AvgIpc) is 3.01. The minimum atomic E-state index is -0.280. The third kappa shape index (κ3) is 3.25. The molecule has 0 fully saturated rings. The van der Waals surface area contributed by atoms with Gasteiger partial charge in [0.1, 0.15) is 5.69 Å². The second-order valence-corrected chi connectivity index (χ2v) is 6.08. The molecule has 0 bridgehead atoms. The van der Waals surface area contributed by atoms with E-state index in [4.69, 9.17) is 23.2 Å². The molecule has 120 valence electrons. The van der Waals surface area contributed by atoms with E-state index in [0.29, 0.717) is 21.3 Å². The van der Waals surface area contributed by atoms with Gasteiger partial charge in [0.15, 0.2) is 11.6 Å². The van der Waals surface area contributed by atoms with E-state index >= 15 is 0 Å². The van der Waals surface area contributed by atoms with E-state index in [1.807, 2.05) is 0 Å². The van der Waals surface area contributed by atoms with Crippen molar-refractivity contribution < 1.29 is 9.59 Å². The smallest absolute Gasteiger partial charge is 0.196 e. The van der Waals surface area contributed by atoms with Gasteiger partial charge in [0.25, 0.3) is 0 Å². The SMILES string of the molecule is CC(=O)c1nn(-c2ccc(Cl)cc2)cc1C(=O)c1ccc(Cl)cc1. The second-order valence-electron chi connectivity index (χ2n) is 5.20. The van der Waals surface area contributed by atoms with E-state index in [0.717, 1.165) is 0 Å². The molecule has 0 N–H and O–H groups in total. The molecule has 3 aromatic rings. The number of benzene rings is 2. The molecule has 0 saturated heterocycles. The molecule has 2 aromatic carbocycles. The Morgan fingerprint density at radius 1 is 0.917 bits per heavy atom. The molecule has 3 rings (SSSR count). The Labute approximate surface area is 148 Å². The summed E-state index contributed by atoms with van der Waals surface area (Å²) in [5, 5.41) is 5.38. The molecule has 0 aliphatic heterocycles. The minimum Gasteiger partial charge on any atom is -0.293 e. The van der Waals surface area contributed by atoms with E-state index < -0.39 is 0 Å². The topological polar surface area (TPSA) is 52.0 Å². The summed E-state index contributed by atoms with van der Waals surface area (Å²) in [4.78, 5) is 24.6. The van der Waals surface area contributed by atoms with Crippen LogP contribution in [-0.2, 0) is 0 Å². The molecule has 24 heavy (non-hydrogen) atoms. The third-order valence-corrected chi connectivity index (χ3v) is 3.99. The fourth-order valence-electron chi connectivity index (χ4n) is 2.28. The van der Waals surface area contributed by atoms with Gasteiger partial charge in [-0.3, -0.25) is 9.59 Å². The molecule has 0 amide bonds. The Balaban J connectivity index is 2.06. The summed E-state index contributed by atoms with van der Waals surface area (Å²) in [5.41, 5.74) is 1.53. The van der Waals surface area contributed by atoms with E-state index in [2.05, 4.69) is 5.10 Å². The normalized spacial score (nSPS) is 10.6. The van der Waals surface area contributed by atoms with Crippen molar-refractivity contribution in [1.29, 1.82) is 0 Å². The highest BCUT2D eigenvalue weighted by Gasteiger charge is 2.21. The van der Waals surface area contributed by atoms with Crippen molar-refractivity contribution in [2.24, 2.45) is 0 Å². The van der Waals surface area contributed by atoms with Gasteiger partial charge in [-0.15, -0.1) is 0 Å². The summed E-state index contributed by atoms with van der Waals surface area (Å²) in [6.07, 6.45) is 1.55. The van der Waals surface area contributed by atoms with Crippen LogP contribution in [0.2, 0.25) is 10.0 Å². The monoisotopic (exact) mass is 358 g/mol. The predicted octanol–water partition coefficient (Wildman–Crippen LogP) is 4.61. The summed E-state index contributed by atoms with van der Waals surface area (Å²) in [7, 11) is 0. The lowest BCUT2D eigenvalue weighted by Crippen LogP contribution is -2.06. The summed E-state index contributed by atoms with van der Waals surface area (Å²) in [6, 6.07) is 13.4. The average molecular weight is 359 g/mol.